The number of aromatic nitrogens is 2. The number of aryl methyl sites for hydroxylation is 1. The van der Waals surface area contributed by atoms with Crippen molar-refractivity contribution >= 4 is 10.0 Å². The first-order valence-corrected chi connectivity index (χ1v) is 7.61. The summed E-state index contributed by atoms with van der Waals surface area (Å²) in [6.45, 7) is -0.368. The molecule has 0 unspecified atom stereocenters. The molecule has 0 fully saturated rings. The van der Waals surface area contributed by atoms with Crippen molar-refractivity contribution in [3.05, 3.63) is 47.5 Å². The van der Waals surface area contributed by atoms with Crippen LogP contribution < -0.4 is 0 Å². The van der Waals surface area contributed by atoms with Gasteiger partial charge in [-0.05, 0) is 17.7 Å². The summed E-state index contributed by atoms with van der Waals surface area (Å²) in [5, 5.41) is 13.2. The van der Waals surface area contributed by atoms with E-state index in [0.29, 0.717) is 5.56 Å². The van der Waals surface area contributed by atoms with E-state index in [-0.39, 0.29) is 17.0 Å². The Morgan fingerprint density at radius 2 is 2.14 bits per heavy atom. The number of aliphatic hydroxyl groups excluding tert-OH is 1. The Hall–Kier alpha value is -1.77. The van der Waals surface area contributed by atoms with E-state index >= 15 is 0 Å². The molecule has 0 spiro atoms. The first-order chi connectivity index (χ1) is 9.84. The number of nitrogens with zero attached hydrogens (tertiary/aromatic N) is 3. The van der Waals surface area contributed by atoms with Gasteiger partial charge in [-0.1, -0.05) is 6.07 Å². The topological polar surface area (TPSA) is 75.4 Å². The van der Waals surface area contributed by atoms with Crippen molar-refractivity contribution in [3.8, 4) is 0 Å². The molecular formula is C13H16FN3O3S. The summed E-state index contributed by atoms with van der Waals surface area (Å²) in [7, 11) is -0.769. The molecule has 0 aliphatic rings. The average Bonchev–Trinajstić information content (AvgIpc) is 2.84. The lowest BCUT2D eigenvalue weighted by Gasteiger charge is -2.18. The largest absolute Gasteiger partial charge is 0.392 e. The van der Waals surface area contributed by atoms with E-state index in [1.807, 2.05) is 0 Å². The summed E-state index contributed by atoms with van der Waals surface area (Å²) in [5.41, 5.74) is 0.875. The summed E-state index contributed by atoms with van der Waals surface area (Å²) in [6, 6.07) is 3.30. The van der Waals surface area contributed by atoms with Gasteiger partial charge in [-0.3, -0.25) is 4.68 Å². The molecule has 0 saturated heterocycles. The van der Waals surface area contributed by atoms with Crippen LogP contribution >= 0.6 is 0 Å². The van der Waals surface area contributed by atoms with Gasteiger partial charge in [0.15, 0.2) is 0 Å². The van der Waals surface area contributed by atoms with Crippen LogP contribution in [0.1, 0.15) is 11.1 Å². The van der Waals surface area contributed by atoms with Gasteiger partial charge in [-0.25, -0.2) is 12.8 Å². The molecule has 8 heteroatoms. The quantitative estimate of drug-likeness (QED) is 0.889. The van der Waals surface area contributed by atoms with Crippen molar-refractivity contribution in [2.45, 2.75) is 18.0 Å². The van der Waals surface area contributed by atoms with E-state index in [9.17, 15) is 17.9 Å². The normalized spacial score (nSPS) is 12.0. The minimum Gasteiger partial charge on any atom is -0.392 e. The summed E-state index contributed by atoms with van der Waals surface area (Å²) >= 11 is 0. The lowest BCUT2D eigenvalue weighted by atomic mass is 10.2. The van der Waals surface area contributed by atoms with Crippen molar-refractivity contribution in [1.29, 1.82) is 0 Å². The van der Waals surface area contributed by atoms with Crippen LogP contribution in [-0.4, -0.2) is 34.7 Å². The molecule has 2 aromatic rings. The molecule has 1 aromatic carbocycles. The SMILES string of the molecule is CN(Cc1cnn(C)c1)S(=O)(=O)c1cc(F)ccc1CO. The first kappa shape index (κ1) is 15.6. The zero-order chi connectivity index (χ0) is 15.6. The molecule has 0 aliphatic heterocycles. The fraction of sp³-hybridized carbons (Fsp3) is 0.308. The van der Waals surface area contributed by atoms with E-state index in [2.05, 4.69) is 5.10 Å². The van der Waals surface area contributed by atoms with Crippen LogP contribution in [0.3, 0.4) is 0 Å². The van der Waals surface area contributed by atoms with Crippen molar-refractivity contribution in [3.63, 3.8) is 0 Å². The van der Waals surface area contributed by atoms with Crippen LogP contribution in [0.5, 0.6) is 0 Å². The number of rotatable bonds is 5. The molecule has 1 N–H and O–H groups in total. The van der Waals surface area contributed by atoms with Crippen LogP contribution in [0.2, 0.25) is 0 Å². The van der Waals surface area contributed by atoms with Gasteiger partial charge in [0.2, 0.25) is 10.0 Å². The molecule has 0 bridgehead atoms. The van der Waals surface area contributed by atoms with Crippen LogP contribution in [0.25, 0.3) is 0 Å². The Balaban J connectivity index is 2.35. The van der Waals surface area contributed by atoms with Crippen LogP contribution in [-0.2, 0) is 30.2 Å². The number of benzene rings is 1. The van der Waals surface area contributed by atoms with Gasteiger partial charge < -0.3 is 5.11 Å². The van der Waals surface area contributed by atoms with Crippen LogP contribution in [0.4, 0.5) is 4.39 Å². The maximum Gasteiger partial charge on any atom is 0.243 e. The molecule has 21 heavy (non-hydrogen) atoms. The smallest absolute Gasteiger partial charge is 0.243 e. The van der Waals surface area contributed by atoms with E-state index in [4.69, 9.17) is 0 Å². The van der Waals surface area contributed by atoms with Gasteiger partial charge in [0.1, 0.15) is 5.82 Å². The molecule has 0 atom stereocenters. The standard InChI is InChI=1S/C13H16FN3O3S/c1-16-7-10(6-15-16)8-17(2)21(19,20)13-5-12(14)4-3-11(13)9-18/h3-7,18H,8-9H2,1-2H3. The van der Waals surface area contributed by atoms with Gasteiger partial charge in [0, 0.05) is 32.4 Å². The Kier molecular flexibility index (Phi) is 4.40. The van der Waals surface area contributed by atoms with Crippen LogP contribution in [0, 0.1) is 5.82 Å². The molecular weight excluding hydrogens is 297 g/mol. The molecule has 0 aliphatic carbocycles. The zero-order valence-corrected chi connectivity index (χ0v) is 12.5. The molecule has 0 radical (unpaired) electrons. The van der Waals surface area contributed by atoms with Crippen molar-refractivity contribution in [1.82, 2.24) is 14.1 Å². The molecule has 2 rings (SSSR count). The minimum absolute atomic E-state index is 0.109. The highest BCUT2D eigenvalue weighted by molar-refractivity contribution is 7.89. The third-order valence-corrected chi connectivity index (χ3v) is 4.94. The number of aliphatic hydroxyl groups is 1. The van der Waals surface area contributed by atoms with Gasteiger partial charge >= 0.3 is 0 Å². The Bertz CT molecular complexity index is 743. The summed E-state index contributed by atoms with van der Waals surface area (Å²) in [6.07, 6.45) is 3.26. The van der Waals surface area contributed by atoms with E-state index in [1.54, 1.807) is 24.1 Å². The molecule has 114 valence electrons. The molecule has 0 saturated carbocycles. The second-order valence-corrected chi connectivity index (χ2v) is 6.71. The summed E-state index contributed by atoms with van der Waals surface area (Å²) in [5.74, 6) is -0.666. The fourth-order valence-electron chi connectivity index (χ4n) is 1.96. The second kappa shape index (κ2) is 5.92. The molecule has 6 nitrogen and oxygen atoms in total. The van der Waals surface area contributed by atoms with Gasteiger partial charge in [-0.2, -0.15) is 9.40 Å². The first-order valence-electron chi connectivity index (χ1n) is 6.17. The van der Waals surface area contributed by atoms with E-state index in [0.717, 1.165) is 16.4 Å². The number of sulfonamides is 1. The lowest BCUT2D eigenvalue weighted by molar-refractivity contribution is 0.278. The fourth-order valence-corrected chi connectivity index (χ4v) is 3.34. The number of hydrogen-bond donors (Lipinski definition) is 1. The third-order valence-electron chi connectivity index (χ3n) is 3.05. The van der Waals surface area contributed by atoms with Crippen molar-refractivity contribution in [2.75, 3.05) is 7.05 Å². The molecule has 1 aromatic heterocycles. The Morgan fingerprint density at radius 1 is 1.43 bits per heavy atom. The van der Waals surface area contributed by atoms with Crippen molar-refractivity contribution in [2.24, 2.45) is 7.05 Å². The third kappa shape index (κ3) is 3.29. The monoisotopic (exact) mass is 313 g/mol. The Morgan fingerprint density at radius 3 is 2.71 bits per heavy atom. The highest BCUT2D eigenvalue weighted by atomic mass is 32.2. The highest BCUT2D eigenvalue weighted by Gasteiger charge is 2.24. The maximum absolute atomic E-state index is 13.3. The summed E-state index contributed by atoms with van der Waals surface area (Å²) < 4.78 is 41.0. The average molecular weight is 313 g/mol. The van der Waals surface area contributed by atoms with Gasteiger partial charge in [0.05, 0.1) is 17.7 Å². The maximum atomic E-state index is 13.3. The zero-order valence-electron chi connectivity index (χ0n) is 11.7. The van der Waals surface area contributed by atoms with Gasteiger partial charge in [-0.15, -0.1) is 0 Å². The number of hydrogen-bond acceptors (Lipinski definition) is 4. The van der Waals surface area contributed by atoms with E-state index in [1.165, 1.54) is 13.1 Å². The minimum atomic E-state index is -3.90. The second-order valence-electron chi connectivity index (χ2n) is 4.69. The predicted molar refractivity (Wildman–Crippen MR) is 74.2 cm³/mol. The van der Waals surface area contributed by atoms with Gasteiger partial charge in [0.25, 0.3) is 0 Å². The van der Waals surface area contributed by atoms with Crippen LogP contribution in [0.15, 0.2) is 35.5 Å². The van der Waals surface area contributed by atoms with E-state index < -0.39 is 22.4 Å². The Labute approximate surface area is 122 Å². The molecule has 1 heterocycles. The summed E-state index contributed by atoms with van der Waals surface area (Å²) in [4.78, 5) is -0.226. The predicted octanol–water partition coefficient (Wildman–Crippen LogP) is 0.872. The van der Waals surface area contributed by atoms with Crippen molar-refractivity contribution < 1.29 is 17.9 Å². The lowest BCUT2D eigenvalue weighted by Crippen LogP contribution is -2.27. The molecule has 0 amide bonds. The number of halogens is 1. The highest BCUT2D eigenvalue weighted by Crippen LogP contribution is 2.22.